The predicted octanol–water partition coefficient (Wildman–Crippen LogP) is 13.4. The lowest BCUT2D eigenvalue weighted by molar-refractivity contribution is -0.669. The molecule has 10 nitrogen and oxygen atoms in total. The number of thiazole rings is 2. The number of benzene rings is 6. The molecule has 372 valence electrons. The molecule has 74 heavy (non-hydrogen) atoms. The van der Waals surface area contributed by atoms with Crippen molar-refractivity contribution in [2.24, 2.45) is 0 Å². The number of aromatic nitrogens is 2. The average Bonchev–Trinajstić information content (AvgIpc) is 3.97. The van der Waals surface area contributed by atoms with Gasteiger partial charge >= 0.3 is 11.9 Å². The maximum atomic E-state index is 11.3. The van der Waals surface area contributed by atoms with Crippen LogP contribution >= 0.6 is 22.7 Å². The van der Waals surface area contributed by atoms with E-state index in [1.807, 2.05) is 22.7 Å². The molecule has 0 unspecified atom stereocenters. The van der Waals surface area contributed by atoms with Gasteiger partial charge in [0, 0.05) is 98.6 Å². The lowest BCUT2D eigenvalue weighted by Crippen LogP contribution is -2.50. The molecule has 0 saturated carbocycles. The number of rotatable bonds is 18. The number of carboxylic acids is 2. The van der Waals surface area contributed by atoms with Gasteiger partial charge in [-0.05, 0) is 97.5 Å². The van der Waals surface area contributed by atoms with Gasteiger partial charge in [0.2, 0.25) is 11.0 Å². The topological polar surface area (TPSA) is 95.3 Å². The van der Waals surface area contributed by atoms with Gasteiger partial charge in [0.25, 0.3) is 10.0 Å². The summed E-state index contributed by atoms with van der Waals surface area (Å²) in [5.74, 6) is 0.808. The van der Waals surface area contributed by atoms with Crippen molar-refractivity contribution in [1.82, 2.24) is 9.80 Å². The molecule has 5 heterocycles. The third-order valence-corrected chi connectivity index (χ3v) is 16.5. The molecule has 1 fully saturated rings. The Morgan fingerprint density at radius 2 is 0.838 bits per heavy atom. The van der Waals surface area contributed by atoms with Crippen LogP contribution in [0.25, 0.3) is 43.7 Å². The zero-order valence-corrected chi connectivity index (χ0v) is 43.1. The summed E-state index contributed by atoms with van der Waals surface area (Å²) >= 11 is 3.62. The first kappa shape index (κ1) is 48.5. The Balaban J connectivity index is 0.954. The number of aliphatic carboxylic acids is 2. The lowest BCUT2D eigenvalue weighted by Gasteiger charge is -2.46. The van der Waals surface area contributed by atoms with E-state index in [1.165, 1.54) is 41.6 Å². The lowest BCUT2D eigenvalue weighted by atomic mass is 9.97. The number of carbonyl (C=O) groups is 2. The molecule has 11 rings (SSSR count). The molecular formula is C62H60N6O4S2+2. The predicted molar refractivity (Wildman–Crippen MR) is 301 cm³/mol. The number of para-hydroxylation sites is 6. The largest absolute Gasteiger partial charge is 0.481 e. The standard InChI is InChI=1S/C62H58N6O4S2/c69-61(70)33-9-3-19-35-65-53-29-15-17-31-55(53)73-59(65)43-45-41-57(67(47-21-5-1-6-22-47)51-27-13-11-25-49(45)51)63-37-39-64(40-38-63)58-42-46(50-26-12-14-28-52(50)68(58)48-23-7-2-8-24-48)44-60-66(36-20-4-10-34-62(71)72)54-30-16-18-32-56(54)74-60/h1-2,5-8,11-18,21-32,41-44H,3-4,9-10,19-20,33-40H2/p+2. The number of piperazine rings is 1. The van der Waals surface area contributed by atoms with E-state index in [1.54, 1.807) is 0 Å². The van der Waals surface area contributed by atoms with E-state index in [4.69, 9.17) is 0 Å². The van der Waals surface area contributed by atoms with E-state index in [-0.39, 0.29) is 12.8 Å². The highest BCUT2D eigenvalue weighted by Gasteiger charge is 2.34. The Morgan fingerprint density at radius 3 is 1.26 bits per heavy atom. The van der Waals surface area contributed by atoms with Gasteiger partial charge in [0.05, 0.1) is 11.4 Å². The molecule has 6 aromatic carbocycles. The molecule has 0 amide bonds. The molecule has 2 N–H and O–H groups in total. The molecule has 0 bridgehead atoms. The normalized spacial score (nSPS) is 15.7. The number of fused-ring (bicyclic) bond motifs is 4. The highest BCUT2D eigenvalue weighted by Crippen LogP contribution is 2.46. The Kier molecular flexibility index (Phi) is 14.5. The number of aryl methyl sites for hydroxylation is 2. The monoisotopic (exact) mass is 1020 g/mol. The van der Waals surface area contributed by atoms with Crippen LogP contribution < -0.4 is 18.9 Å². The molecule has 0 aliphatic carbocycles. The van der Waals surface area contributed by atoms with Gasteiger partial charge in [-0.2, -0.15) is 9.13 Å². The van der Waals surface area contributed by atoms with Crippen LogP contribution in [0, 0.1) is 0 Å². The Labute approximate surface area is 440 Å². The van der Waals surface area contributed by atoms with Crippen molar-refractivity contribution >= 4 is 101 Å². The van der Waals surface area contributed by atoms with Gasteiger partial charge in [-0.25, -0.2) is 0 Å². The summed E-state index contributed by atoms with van der Waals surface area (Å²) in [6.07, 6.45) is 14.8. The fourth-order valence-corrected chi connectivity index (χ4v) is 13.0. The van der Waals surface area contributed by atoms with Crippen LogP contribution in [0.2, 0.25) is 0 Å². The minimum atomic E-state index is -0.737. The van der Waals surface area contributed by atoms with Gasteiger partial charge in [-0.15, -0.1) is 0 Å². The molecule has 3 aliphatic heterocycles. The Morgan fingerprint density at radius 1 is 0.459 bits per heavy atom. The maximum Gasteiger partial charge on any atom is 0.303 e. The number of nitrogens with zero attached hydrogens (tertiary/aromatic N) is 6. The summed E-state index contributed by atoms with van der Waals surface area (Å²) in [5, 5.41) is 20.9. The minimum absolute atomic E-state index is 0.200. The van der Waals surface area contributed by atoms with Crippen LogP contribution in [0.5, 0.6) is 0 Å². The molecule has 2 aromatic heterocycles. The number of carboxylic acid groups (broad SMARTS) is 2. The second kappa shape index (κ2) is 22.1. The fourth-order valence-electron chi connectivity index (χ4n) is 10.7. The van der Waals surface area contributed by atoms with Crippen LogP contribution in [-0.2, 0) is 22.7 Å². The highest BCUT2D eigenvalue weighted by atomic mass is 32.1. The molecule has 8 aromatic rings. The fraction of sp³-hybridized carbons (Fsp3) is 0.226. The van der Waals surface area contributed by atoms with Gasteiger partial charge < -0.3 is 20.0 Å². The first-order valence-corrected chi connectivity index (χ1v) is 27.5. The third kappa shape index (κ3) is 10.2. The zero-order valence-electron chi connectivity index (χ0n) is 41.4. The van der Waals surface area contributed by atoms with Crippen LogP contribution in [0.15, 0.2) is 182 Å². The summed E-state index contributed by atoms with van der Waals surface area (Å²) in [6.45, 7) is 4.81. The number of allylic oxidation sites excluding steroid dienone is 4. The van der Waals surface area contributed by atoms with Crippen molar-refractivity contribution in [3.8, 4) is 0 Å². The van der Waals surface area contributed by atoms with Crippen molar-refractivity contribution in [2.45, 2.75) is 64.5 Å². The van der Waals surface area contributed by atoms with E-state index in [2.05, 4.69) is 211 Å². The number of hydrogen-bond acceptors (Lipinski definition) is 8. The van der Waals surface area contributed by atoms with Crippen LogP contribution in [0.1, 0.15) is 72.5 Å². The van der Waals surface area contributed by atoms with E-state index in [9.17, 15) is 19.8 Å². The first-order chi connectivity index (χ1) is 36.4. The first-order valence-electron chi connectivity index (χ1n) is 25.9. The molecule has 1 saturated heterocycles. The summed E-state index contributed by atoms with van der Waals surface area (Å²) in [5.41, 5.74) is 11.6. The van der Waals surface area contributed by atoms with E-state index in [0.29, 0.717) is 12.8 Å². The molecule has 12 heteroatoms. The number of unbranched alkanes of at least 4 members (excludes halogenated alkanes) is 4. The smallest absolute Gasteiger partial charge is 0.303 e. The Hall–Kier alpha value is -7.80. The van der Waals surface area contributed by atoms with Crippen molar-refractivity contribution in [3.05, 3.63) is 203 Å². The highest BCUT2D eigenvalue weighted by molar-refractivity contribution is 7.19. The second-order valence-electron chi connectivity index (χ2n) is 19.1. The molecule has 3 aliphatic rings. The number of hydrogen-bond donors (Lipinski definition) is 2. The summed E-state index contributed by atoms with van der Waals surface area (Å²) in [4.78, 5) is 32.6. The number of anilines is 4. The molecular weight excluding hydrogens is 957 g/mol. The molecule has 0 atom stereocenters. The van der Waals surface area contributed by atoms with Crippen LogP contribution in [0.3, 0.4) is 0 Å². The van der Waals surface area contributed by atoms with Crippen molar-refractivity contribution in [3.63, 3.8) is 0 Å². The van der Waals surface area contributed by atoms with Gasteiger partial charge in [0.1, 0.15) is 21.0 Å². The summed E-state index contributed by atoms with van der Waals surface area (Å²) < 4.78 is 7.31. The quantitative estimate of drug-likeness (QED) is 0.0648. The van der Waals surface area contributed by atoms with E-state index >= 15 is 0 Å². The third-order valence-electron chi connectivity index (χ3n) is 14.3. The van der Waals surface area contributed by atoms with Gasteiger partial charge in [-0.3, -0.25) is 19.4 Å². The average molecular weight is 1020 g/mol. The minimum Gasteiger partial charge on any atom is -0.481 e. The van der Waals surface area contributed by atoms with Gasteiger partial charge in [0.15, 0.2) is 13.1 Å². The SMILES string of the molecule is O=C(O)CCCCC[n+]1c(/C=C2\C=C(N3CCN(C4=C/C(=C\c5sc6ccccc6[n+]5CCCCCC(=O)O)c5ccccc5N4c4ccccc4)CC3)N(c3ccccc3)c3ccccc32)sc2ccccc21. The van der Waals surface area contributed by atoms with E-state index in [0.717, 1.165) is 110 Å². The molecule has 0 spiro atoms. The Bertz CT molecular complexity index is 3230. The summed E-state index contributed by atoms with van der Waals surface area (Å²) in [7, 11) is 0. The zero-order chi connectivity index (χ0) is 50.4. The van der Waals surface area contributed by atoms with Crippen molar-refractivity contribution in [1.29, 1.82) is 0 Å². The van der Waals surface area contributed by atoms with Crippen molar-refractivity contribution in [2.75, 3.05) is 36.0 Å². The summed E-state index contributed by atoms with van der Waals surface area (Å²) in [6, 6.07) is 56.2. The van der Waals surface area contributed by atoms with Crippen LogP contribution in [-0.4, -0.2) is 58.1 Å². The second-order valence-corrected chi connectivity index (χ2v) is 21.2. The molecule has 0 radical (unpaired) electrons. The maximum absolute atomic E-state index is 11.3. The van der Waals surface area contributed by atoms with Gasteiger partial charge in [-0.1, -0.05) is 120 Å². The van der Waals surface area contributed by atoms with Crippen LogP contribution in [0.4, 0.5) is 22.7 Å². The van der Waals surface area contributed by atoms with Crippen molar-refractivity contribution < 1.29 is 28.9 Å². The van der Waals surface area contributed by atoms with E-state index < -0.39 is 11.9 Å².